The fourth-order valence-electron chi connectivity index (χ4n) is 3.42. The molecule has 7 heteroatoms. The first-order chi connectivity index (χ1) is 13.3. The highest BCUT2D eigenvalue weighted by Crippen LogP contribution is 2.20. The van der Waals surface area contributed by atoms with E-state index in [9.17, 15) is 13.2 Å². The quantitative estimate of drug-likeness (QED) is 0.590. The zero-order valence-corrected chi connectivity index (χ0v) is 19.2. The van der Waals surface area contributed by atoms with E-state index in [0.717, 1.165) is 52.9 Å². The van der Waals surface area contributed by atoms with Gasteiger partial charge in [-0.2, -0.15) is 0 Å². The maximum atomic E-state index is 13.0. The van der Waals surface area contributed by atoms with Gasteiger partial charge in [-0.15, -0.1) is 0 Å². The van der Waals surface area contributed by atoms with Crippen molar-refractivity contribution in [2.75, 3.05) is 32.4 Å². The lowest BCUT2D eigenvalue weighted by Crippen LogP contribution is -2.35. The fraction of sp³-hybridized carbons (Fsp3) is 0.381. The molecule has 0 aromatic heterocycles. The molecule has 2 aromatic rings. The number of sulfone groups is 1. The lowest BCUT2D eigenvalue weighted by molar-refractivity contribution is 0.0760. The number of hydrogen-bond donors (Lipinski definition) is 0. The third-order valence-corrected chi connectivity index (χ3v) is 7.62. The number of halogens is 1. The van der Waals surface area contributed by atoms with Crippen LogP contribution in [0.25, 0.3) is 0 Å². The molecule has 0 atom stereocenters. The summed E-state index contributed by atoms with van der Waals surface area (Å²) in [7, 11) is -3.17. The second-order valence-corrected chi connectivity index (χ2v) is 10.4. The number of amides is 1. The van der Waals surface area contributed by atoms with Crippen molar-refractivity contribution >= 4 is 38.3 Å². The Morgan fingerprint density at radius 2 is 1.75 bits per heavy atom. The van der Waals surface area contributed by atoms with E-state index in [1.54, 1.807) is 12.1 Å². The Morgan fingerprint density at radius 3 is 2.43 bits per heavy atom. The van der Waals surface area contributed by atoms with Crippen molar-refractivity contribution in [3.05, 3.63) is 62.7 Å². The molecule has 0 unspecified atom stereocenters. The van der Waals surface area contributed by atoms with Crippen LogP contribution >= 0.6 is 22.6 Å². The lowest BCUT2D eigenvalue weighted by Gasteiger charge is -2.23. The number of nitrogens with zero attached hydrogens (tertiary/aromatic N) is 2. The van der Waals surface area contributed by atoms with Crippen LogP contribution in [-0.4, -0.2) is 56.6 Å². The molecule has 0 spiro atoms. The van der Waals surface area contributed by atoms with Crippen LogP contribution in [-0.2, 0) is 16.4 Å². The van der Waals surface area contributed by atoms with E-state index >= 15 is 0 Å². The molecule has 0 N–H and O–H groups in total. The Labute approximate surface area is 180 Å². The van der Waals surface area contributed by atoms with E-state index in [0.29, 0.717) is 11.4 Å². The molecule has 1 heterocycles. The molecule has 0 aliphatic carbocycles. The summed E-state index contributed by atoms with van der Waals surface area (Å²) in [4.78, 5) is 17.6. The zero-order valence-electron chi connectivity index (χ0n) is 16.2. The normalized spacial score (nSPS) is 16.0. The summed E-state index contributed by atoms with van der Waals surface area (Å²) in [6, 6.07) is 12.9. The van der Waals surface area contributed by atoms with Gasteiger partial charge in [-0.05, 0) is 65.3 Å². The molecule has 0 saturated carbocycles. The van der Waals surface area contributed by atoms with Gasteiger partial charge in [0.15, 0.2) is 9.84 Å². The summed E-state index contributed by atoms with van der Waals surface area (Å²) in [6.45, 7) is 5.97. The molecule has 3 rings (SSSR count). The highest BCUT2D eigenvalue weighted by atomic mass is 127. The standard InChI is InChI=1S/C21H25IN2O3S/c1-16-5-3-6-19(20(16)22)21(25)24-12-4-11-23(13-14-24)15-17-7-9-18(10-8-17)28(2,26)27/h3,5-10H,4,11-15H2,1-2H3. The summed E-state index contributed by atoms with van der Waals surface area (Å²) >= 11 is 2.25. The van der Waals surface area contributed by atoms with Crippen molar-refractivity contribution in [2.24, 2.45) is 0 Å². The number of carbonyl (C=O) groups is 1. The molecular formula is C21H25IN2O3S. The minimum atomic E-state index is -3.17. The van der Waals surface area contributed by atoms with Gasteiger partial charge in [0.1, 0.15) is 0 Å². The van der Waals surface area contributed by atoms with E-state index in [1.807, 2.05) is 42.2 Å². The average Bonchev–Trinajstić information content (AvgIpc) is 2.89. The van der Waals surface area contributed by atoms with Crippen molar-refractivity contribution in [3.63, 3.8) is 0 Å². The molecule has 2 aromatic carbocycles. The van der Waals surface area contributed by atoms with E-state index in [-0.39, 0.29) is 5.91 Å². The molecule has 150 valence electrons. The van der Waals surface area contributed by atoms with E-state index < -0.39 is 9.84 Å². The Bertz CT molecular complexity index is 958. The predicted molar refractivity (Wildman–Crippen MR) is 119 cm³/mol. The van der Waals surface area contributed by atoms with Crippen molar-refractivity contribution < 1.29 is 13.2 Å². The maximum Gasteiger partial charge on any atom is 0.254 e. The summed E-state index contributed by atoms with van der Waals surface area (Å²) in [5.41, 5.74) is 2.99. The molecule has 1 amide bonds. The number of carbonyl (C=O) groups excluding carboxylic acids is 1. The Kier molecular flexibility index (Phi) is 6.77. The van der Waals surface area contributed by atoms with Crippen LogP contribution in [0.5, 0.6) is 0 Å². The second-order valence-electron chi connectivity index (χ2n) is 7.27. The van der Waals surface area contributed by atoms with Crippen molar-refractivity contribution in [2.45, 2.75) is 24.8 Å². The van der Waals surface area contributed by atoms with Crippen molar-refractivity contribution in [3.8, 4) is 0 Å². The highest BCUT2D eigenvalue weighted by Gasteiger charge is 2.22. The first-order valence-corrected chi connectivity index (χ1v) is 12.3. The molecule has 1 saturated heterocycles. The SMILES string of the molecule is Cc1cccc(C(=O)N2CCCN(Cc3ccc(S(C)(=O)=O)cc3)CC2)c1I. The van der Waals surface area contributed by atoms with Crippen LogP contribution in [0.3, 0.4) is 0 Å². The van der Waals surface area contributed by atoms with Gasteiger partial charge in [-0.1, -0.05) is 24.3 Å². The minimum Gasteiger partial charge on any atom is -0.337 e. The van der Waals surface area contributed by atoms with Crippen LogP contribution in [0.15, 0.2) is 47.4 Å². The monoisotopic (exact) mass is 512 g/mol. The average molecular weight is 512 g/mol. The van der Waals surface area contributed by atoms with Crippen molar-refractivity contribution in [1.82, 2.24) is 9.80 Å². The van der Waals surface area contributed by atoms with Crippen LogP contribution in [0.1, 0.15) is 27.9 Å². The van der Waals surface area contributed by atoms with Gasteiger partial charge < -0.3 is 4.90 Å². The van der Waals surface area contributed by atoms with Gasteiger partial charge in [0.05, 0.1) is 10.5 Å². The number of rotatable bonds is 4. The van der Waals surface area contributed by atoms with Crippen LogP contribution in [0, 0.1) is 10.5 Å². The smallest absolute Gasteiger partial charge is 0.254 e. The summed E-state index contributed by atoms with van der Waals surface area (Å²) in [5, 5.41) is 0. The molecule has 28 heavy (non-hydrogen) atoms. The van der Waals surface area contributed by atoms with Gasteiger partial charge in [0.2, 0.25) is 0 Å². The van der Waals surface area contributed by atoms with Gasteiger partial charge in [0.25, 0.3) is 5.91 Å². The van der Waals surface area contributed by atoms with E-state index in [1.165, 1.54) is 6.26 Å². The fourth-order valence-corrected chi connectivity index (χ4v) is 4.64. The Hall–Kier alpha value is -1.45. The van der Waals surface area contributed by atoms with E-state index in [2.05, 4.69) is 27.5 Å². The largest absolute Gasteiger partial charge is 0.337 e. The van der Waals surface area contributed by atoms with Crippen molar-refractivity contribution in [1.29, 1.82) is 0 Å². The molecule has 1 fully saturated rings. The topological polar surface area (TPSA) is 57.7 Å². The molecular weight excluding hydrogens is 487 g/mol. The minimum absolute atomic E-state index is 0.104. The molecule has 5 nitrogen and oxygen atoms in total. The maximum absolute atomic E-state index is 13.0. The summed E-state index contributed by atoms with van der Waals surface area (Å²) < 4.78 is 24.2. The van der Waals surface area contributed by atoms with Gasteiger partial charge >= 0.3 is 0 Å². The number of benzene rings is 2. The molecule has 1 aliphatic rings. The molecule has 0 radical (unpaired) electrons. The van der Waals surface area contributed by atoms with Gasteiger partial charge in [-0.3, -0.25) is 9.69 Å². The van der Waals surface area contributed by atoms with Crippen LogP contribution in [0.4, 0.5) is 0 Å². The summed E-state index contributed by atoms with van der Waals surface area (Å²) in [6.07, 6.45) is 2.15. The van der Waals surface area contributed by atoms with Crippen LogP contribution in [0.2, 0.25) is 0 Å². The third-order valence-electron chi connectivity index (χ3n) is 5.06. The highest BCUT2D eigenvalue weighted by molar-refractivity contribution is 14.1. The first kappa shape index (κ1) is 21.3. The lowest BCUT2D eigenvalue weighted by atomic mass is 10.1. The van der Waals surface area contributed by atoms with Crippen LogP contribution < -0.4 is 0 Å². The molecule has 0 bridgehead atoms. The Balaban J connectivity index is 1.63. The Morgan fingerprint density at radius 1 is 1.04 bits per heavy atom. The molecule has 1 aliphatic heterocycles. The predicted octanol–water partition coefficient (Wildman–Crippen LogP) is 3.35. The van der Waals surface area contributed by atoms with E-state index in [4.69, 9.17) is 0 Å². The number of aryl methyl sites for hydroxylation is 1. The van der Waals surface area contributed by atoms with Gasteiger partial charge in [-0.25, -0.2) is 8.42 Å². The first-order valence-electron chi connectivity index (χ1n) is 9.31. The zero-order chi connectivity index (χ0) is 20.3. The van der Waals surface area contributed by atoms with Gasteiger partial charge in [0, 0.05) is 42.5 Å². The second kappa shape index (κ2) is 8.92. The third kappa shape index (κ3) is 5.12. The summed E-state index contributed by atoms with van der Waals surface area (Å²) in [5.74, 6) is 0.104. The number of hydrogen-bond acceptors (Lipinski definition) is 4.